The van der Waals surface area contributed by atoms with E-state index in [0.717, 1.165) is 102 Å². The van der Waals surface area contributed by atoms with Crippen LogP contribution in [-0.4, -0.2) is 194 Å². The number of carbonyl (C=O) groups excluding carboxylic acids is 6. The number of aromatic carboxylic acids is 1. The number of hydrogen-bond acceptors (Lipinski definition) is 29. The van der Waals surface area contributed by atoms with Crippen LogP contribution in [0.2, 0.25) is 0 Å². The van der Waals surface area contributed by atoms with Gasteiger partial charge in [-0.25, -0.2) is 49.7 Å². The van der Waals surface area contributed by atoms with Gasteiger partial charge in [0.15, 0.2) is 17.3 Å². The van der Waals surface area contributed by atoms with Gasteiger partial charge < -0.3 is 40.5 Å². The molecule has 33 heteroatoms. The Morgan fingerprint density at radius 3 is 0.965 bits per heavy atom. The Labute approximate surface area is 951 Å². The fourth-order valence-electron chi connectivity index (χ4n) is 17.5. The van der Waals surface area contributed by atoms with Crippen molar-refractivity contribution in [3.05, 3.63) is 320 Å². The molecule has 30 nitrogen and oxygen atoms in total. The number of hydrogen-bond donors (Lipinski definition) is 2. The number of nitrogens with zero attached hydrogens (tertiary/aromatic N) is 18. The second-order valence-corrected chi connectivity index (χ2v) is 36.5. The van der Waals surface area contributed by atoms with Crippen LogP contribution in [0.4, 0.5) is 0 Å². The van der Waals surface area contributed by atoms with Gasteiger partial charge in [-0.2, -0.15) is 0 Å². The predicted octanol–water partition coefficient (Wildman–Crippen LogP) is 12.0. The van der Waals surface area contributed by atoms with Crippen molar-refractivity contribution in [1.29, 1.82) is 0 Å². The first-order valence-corrected chi connectivity index (χ1v) is 46.9. The standard InChI is InChI=1S/C44H43N9O2.C42H37N7O3.C22H35N3O6.CH4.3Eu/c1-28(2)44(55)30-19-36-27-53-24-33-10-5-14-39(48-33)37-12-3-8-31(46-37)22-52(23-32-9-4-13-38(47-32)40-15-6-11-34(25-53)49-40)26-35-18-29(43(54)16-7-17-45)20-41(50-35)42(21-30)51-36;1-25(2)41(50)27-18-33-17-26-15-29-7-3-11-35(43-29)37-13-5-9-31(45-37)22-49(24-34-19-28(42(51)52)21-40(48-34)39(20-27)47-33)23-32-10-6-14-38(46-32)36-12-4-8-30(16-26)44-36;1-4-23(14-20(26)27)9-10-24(15-21(28)29)11-12-25(16-22(30)31)13-18-5-7-19(8-6-18)17(2)3;;;;/h3-6,8-15,18-21,28H,7,16-17,22-27,45H2,1-2H3;3-14,18-21,25-26H,15-17,22-24H2,1-2H3,(H,51,52);5-8,17H,4,9-16H2,1-3H3,(H,26,27)(H,28,29)(H,30,31);1H4;;;/q;;;;3*+3/p-3. The molecule has 28 bridgehead atoms. The number of Topliss-reactive ketones (excluding diaryl/α,β-unsaturated/α-hetero) is 3. The number of benzene rings is 1. The van der Waals surface area contributed by atoms with Gasteiger partial charge in [-0.15, -0.1) is 0 Å². The van der Waals surface area contributed by atoms with Crippen LogP contribution in [0.25, 0.3) is 68.3 Å². The van der Waals surface area contributed by atoms with E-state index in [4.69, 9.17) is 65.5 Å². The van der Waals surface area contributed by atoms with Crippen LogP contribution in [0.5, 0.6) is 0 Å². The molecule has 0 fully saturated rings. The molecule has 0 atom stereocenters. The van der Waals surface area contributed by atoms with E-state index in [2.05, 4.69) is 28.5 Å². The zero-order valence-corrected chi connectivity index (χ0v) is 87.1. The Kier molecular flexibility index (Phi) is 42.9. The number of carboxylic acids is 4. The molecule has 728 valence electrons. The summed E-state index contributed by atoms with van der Waals surface area (Å²) in [5, 5.41) is 43.3. The van der Waals surface area contributed by atoms with Gasteiger partial charge in [-0.3, -0.25) is 58.7 Å². The van der Waals surface area contributed by atoms with Crippen molar-refractivity contribution in [3.8, 4) is 68.3 Å². The first-order valence-electron chi connectivity index (χ1n) is 46.9. The Morgan fingerprint density at radius 2 is 0.627 bits per heavy atom. The number of ketones is 3. The summed E-state index contributed by atoms with van der Waals surface area (Å²) in [6.45, 7) is 19.1. The minimum absolute atomic E-state index is 0. The third-order valence-electron chi connectivity index (χ3n) is 24.3. The summed E-state index contributed by atoms with van der Waals surface area (Å²) in [5.74, 6) is -4.84. The Hall–Kier alpha value is -9.62. The minimum atomic E-state index is -1.25. The summed E-state index contributed by atoms with van der Waals surface area (Å²) in [6.07, 6.45) is 2.66. The molecule has 19 rings (SSSR count). The third-order valence-corrected chi connectivity index (χ3v) is 24.3. The SMILES string of the molecule is C.CC(C)C(=O)c1cc2nc(c1)-c1cc(C(=O)CCCN)cc(n1)CN1Cc3cccc(n3)-c3cccc(n3)CN(Cc3cccc(n3)-c3cccc(n3)C1)C2.CC(C)C(=O)c1cc2nc(c1)-c1cc(C(=O)O)cc(n1)CN1Cc3cccc(n3)-c3cccc(n3)CC(Cc3cccc(n3)-c3cccc(n3)C1)C2.CCN(CCN(CCN(CC(=O)[O-])Cc1ccc(C(C)C)cc1)CC(=O)[O-])CC(=O)[O-].[Eu+3].[Eu+3].[Eu+3]. The van der Waals surface area contributed by atoms with Gasteiger partial charge >= 0.3 is 154 Å². The third kappa shape index (κ3) is 32.2. The number of aliphatic carboxylic acids is 3. The molecule has 0 radical (unpaired) electrons. The number of pyridine rings is 12. The normalized spacial score (nSPS) is 14.9. The summed E-state index contributed by atoms with van der Waals surface area (Å²) in [6, 6.07) is 70.2. The molecule has 0 saturated heterocycles. The average Bonchev–Trinajstić information content (AvgIpc) is 0.798. The zero-order chi connectivity index (χ0) is 97.0. The zero-order valence-electron chi connectivity index (χ0n) is 79.9. The minimum Gasteiger partial charge on any atom is -0.549 e. The van der Waals surface area contributed by atoms with Crippen LogP contribution < -0.4 is 21.1 Å². The van der Waals surface area contributed by atoms with E-state index in [1.807, 2.05) is 222 Å². The Morgan fingerprint density at radius 1 is 0.352 bits per heavy atom. The molecule has 3 N–H and O–H groups in total. The molecule has 6 aliphatic rings. The molecule has 12 aromatic heterocycles. The van der Waals surface area contributed by atoms with E-state index in [9.17, 15) is 54.0 Å². The summed E-state index contributed by atoms with van der Waals surface area (Å²) >= 11 is 0. The van der Waals surface area contributed by atoms with Crippen molar-refractivity contribution >= 4 is 41.2 Å². The van der Waals surface area contributed by atoms with Gasteiger partial charge in [-0.05, 0) is 207 Å². The molecular formula is C109H116Eu3N19O11+6. The molecule has 13 aromatic rings. The van der Waals surface area contributed by atoms with Crippen LogP contribution in [0.1, 0.15) is 196 Å². The summed E-state index contributed by atoms with van der Waals surface area (Å²) in [4.78, 5) is 159. The molecule has 0 aliphatic carbocycles. The maximum Gasteiger partial charge on any atom is 3.00 e. The number of likely N-dealkylation sites (N-methyl/N-ethyl adjacent to an activating group) is 1. The van der Waals surface area contributed by atoms with Crippen LogP contribution in [0, 0.1) is 166 Å². The molecule has 142 heavy (non-hydrogen) atoms. The number of carboxylic acid groups (broad SMARTS) is 4. The van der Waals surface area contributed by atoms with Crippen LogP contribution in [0.3, 0.4) is 0 Å². The second-order valence-electron chi connectivity index (χ2n) is 36.5. The van der Waals surface area contributed by atoms with E-state index in [1.54, 1.807) is 45.9 Å². The topological polar surface area (TPSA) is 409 Å². The predicted molar refractivity (Wildman–Crippen MR) is 522 cm³/mol. The molecule has 1 aromatic carbocycles. The summed E-state index contributed by atoms with van der Waals surface area (Å²) in [7, 11) is 0. The van der Waals surface area contributed by atoms with Crippen molar-refractivity contribution in [2.24, 2.45) is 23.5 Å². The summed E-state index contributed by atoms with van der Waals surface area (Å²) < 4.78 is 0. The van der Waals surface area contributed by atoms with Crippen LogP contribution >= 0.6 is 0 Å². The van der Waals surface area contributed by atoms with Gasteiger partial charge in [0.2, 0.25) is 0 Å². The Balaban J connectivity index is 0.000000209. The fourth-order valence-corrected chi connectivity index (χ4v) is 17.5. The van der Waals surface area contributed by atoms with Gasteiger partial charge in [0.1, 0.15) is 0 Å². The van der Waals surface area contributed by atoms with Crippen molar-refractivity contribution < 1.29 is 202 Å². The molecular weight excluding hydrogens is 2210 g/mol. The van der Waals surface area contributed by atoms with Gasteiger partial charge in [0, 0.05) is 163 Å². The first-order chi connectivity index (χ1) is 66.6. The quantitative estimate of drug-likeness (QED) is 0.0502. The second kappa shape index (κ2) is 54.0. The largest absolute Gasteiger partial charge is 3.00 e. The average molecular weight is 2320 g/mol. The molecule has 0 saturated carbocycles. The number of nitrogens with two attached hydrogens (primary N) is 1. The molecule has 0 spiro atoms. The van der Waals surface area contributed by atoms with E-state index in [0.29, 0.717) is 193 Å². The van der Waals surface area contributed by atoms with Gasteiger partial charge in [0.25, 0.3) is 0 Å². The number of aromatic nitrogens is 12. The van der Waals surface area contributed by atoms with Crippen molar-refractivity contribution in [1.82, 2.24) is 89.2 Å². The Bertz CT molecular complexity index is 6420. The molecule has 6 aliphatic heterocycles. The maximum absolute atomic E-state index is 13.7. The monoisotopic (exact) mass is 2330 g/mol. The molecule has 0 unspecified atom stereocenters. The van der Waals surface area contributed by atoms with Crippen molar-refractivity contribution in [3.63, 3.8) is 0 Å². The first kappa shape index (κ1) is 113. The van der Waals surface area contributed by atoms with E-state index in [1.165, 1.54) is 5.56 Å². The van der Waals surface area contributed by atoms with E-state index < -0.39 is 23.9 Å². The summed E-state index contributed by atoms with van der Waals surface area (Å²) in [5.41, 5.74) is 27.4. The fraction of sp³-hybridized carbons (Fsp3) is 0.330. The van der Waals surface area contributed by atoms with Crippen LogP contribution in [0.15, 0.2) is 218 Å². The van der Waals surface area contributed by atoms with Crippen LogP contribution in [-0.2, 0) is 99.1 Å². The van der Waals surface area contributed by atoms with Crippen molar-refractivity contribution in [2.75, 3.05) is 58.9 Å². The maximum atomic E-state index is 13.7. The number of rotatable bonds is 25. The van der Waals surface area contributed by atoms with Gasteiger partial charge in [-0.1, -0.05) is 129 Å². The van der Waals surface area contributed by atoms with Gasteiger partial charge in [0.05, 0.1) is 143 Å². The van der Waals surface area contributed by atoms with E-state index >= 15 is 0 Å². The van der Waals surface area contributed by atoms with Crippen molar-refractivity contribution in [2.45, 2.75) is 159 Å². The smallest absolute Gasteiger partial charge is 0.549 e. The molecule has 0 amide bonds. The molecule has 18 heterocycles. The van der Waals surface area contributed by atoms with E-state index in [-0.39, 0.29) is 222 Å². The number of carbonyl (C=O) groups is 7.